The topological polar surface area (TPSA) is 40.5 Å². The lowest BCUT2D eigenvalue weighted by Gasteiger charge is -2.38. The molecule has 0 amide bonds. The van der Waals surface area contributed by atoms with E-state index in [9.17, 15) is 10.2 Å². The monoisotopic (exact) mass is 514 g/mol. The maximum atomic E-state index is 12.0. The van der Waals surface area contributed by atoms with Gasteiger partial charge in [-0.2, -0.15) is 0 Å². The van der Waals surface area contributed by atoms with Crippen molar-refractivity contribution in [1.29, 1.82) is 0 Å². The minimum atomic E-state index is -2.06. The van der Waals surface area contributed by atoms with E-state index in [0.29, 0.717) is 23.0 Å². The van der Waals surface area contributed by atoms with Gasteiger partial charge in [0.1, 0.15) is 0 Å². The molecule has 1 unspecified atom stereocenters. The summed E-state index contributed by atoms with van der Waals surface area (Å²) in [6, 6.07) is 21.1. The molecular weight excluding hydrogens is 476 g/mol. The van der Waals surface area contributed by atoms with Crippen LogP contribution in [0.1, 0.15) is 82.1 Å². The fourth-order valence-electron chi connectivity index (χ4n) is 8.28. The Morgan fingerprint density at radius 3 is 2.18 bits per heavy atom. The molecule has 39 heavy (non-hydrogen) atoms. The van der Waals surface area contributed by atoms with E-state index >= 15 is 0 Å². The van der Waals surface area contributed by atoms with Crippen molar-refractivity contribution in [3.8, 4) is 11.1 Å². The van der Waals surface area contributed by atoms with Gasteiger partial charge in [-0.25, -0.2) is 0 Å². The van der Waals surface area contributed by atoms with Crippen LogP contribution in [0.2, 0.25) is 0 Å². The van der Waals surface area contributed by atoms with Gasteiger partial charge in [0.15, 0.2) is 0 Å². The minimum Gasteiger partial charge on any atom is -0.358 e. The standard InChI is InChI=1S/C37H38O2/c1-5-22(6-2)26-18-27(23(7-3)8-4)21-36(20-26)29-17-16-24-13-11-15-30-32(24)33(29)34-31(36)19-25-12-9-10-14-28(25)35(34)37(30,38)39/h9-20,22-23,38-39H,5-8,21H2,1-4H3. The van der Waals surface area contributed by atoms with Crippen LogP contribution in [0.25, 0.3) is 32.7 Å². The fraction of sp³-hybridized carbons (Fsp3) is 0.351. The van der Waals surface area contributed by atoms with E-state index in [0.717, 1.165) is 59.2 Å². The van der Waals surface area contributed by atoms with Crippen molar-refractivity contribution in [2.24, 2.45) is 11.8 Å². The van der Waals surface area contributed by atoms with Crippen molar-refractivity contribution < 1.29 is 10.2 Å². The summed E-state index contributed by atoms with van der Waals surface area (Å²) in [6.07, 6.45) is 10.6. The van der Waals surface area contributed by atoms with Gasteiger partial charge < -0.3 is 10.2 Å². The number of hydrogen-bond acceptors (Lipinski definition) is 2. The zero-order chi connectivity index (χ0) is 27.1. The first-order chi connectivity index (χ1) is 18.9. The molecule has 1 atom stereocenters. The summed E-state index contributed by atoms with van der Waals surface area (Å²) in [6.45, 7) is 9.25. The van der Waals surface area contributed by atoms with Gasteiger partial charge in [0.2, 0.25) is 5.79 Å². The van der Waals surface area contributed by atoms with Crippen LogP contribution in [0.3, 0.4) is 0 Å². The van der Waals surface area contributed by atoms with Gasteiger partial charge in [0.05, 0.1) is 0 Å². The molecule has 2 N–H and O–H groups in total. The number of benzene rings is 4. The van der Waals surface area contributed by atoms with Gasteiger partial charge in [-0.05, 0) is 99.4 Å². The van der Waals surface area contributed by atoms with E-state index in [1.807, 2.05) is 24.3 Å². The van der Waals surface area contributed by atoms with Crippen molar-refractivity contribution in [3.63, 3.8) is 0 Å². The summed E-state index contributed by atoms with van der Waals surface area (Å²) in [4.78, 5) is 0. The Labute approximate surface area is 231 Å². The summed E-state index contributed by atoms with van der Waals surface area (Å²) in [7, 11) is 0. The Balaban J connectivity index is 1.66. The average molecular weight is 515 g/mol. The number of aliphatic hydroxyl groups is 2. The molecule has 2 heteroatoms. The minimum absolute atomic E-state index is 0.324. The molecule has 3 aliphatic carbocycles. The molecule has 0 aromatic heterocycles. The lowest BCUT2D eigenvalue weighted by molar-refractivity contribution is -0.129. The largest absolute Gasteiger partial charge is 0.358 e. The van der Waals surface area contributed by atoms with Crippen LogP contribution in [0.4, 0.5) is 0 Å². The van der Waals surface area contributed by atoms with E-state index in [2.05, 4.69) is 76.2 Å². The predicted molar refractivity (Wildman–Crippen MR) is 162 cm³/mol. The molecule has 0 aliphatic heterocycles. The van der Waals surface area contributed by atoms with E-state index in [-0.39, 0.29) is 5.41 Å². The van der Waals surface area contributed by atoms with Crippen LogP contribution in [0.5, 0.6) is 0 Å². The molecule has 4 aromatic rings. The number of fused-ring (bicyclic) bond motifs is 4. The summed E-state index contributed by atoms with van der Waals surface area (Å²) in [5.74, 6) is -1.01. The molecule has 0 saturated heterocycles. The second kappa shape index (κ2) is 8.65. The second-order valence-electron chi connectivity index (χ2n) is 12.0. The quantitative estimate of drug-likeness (QED) is 0.252. The highest BCUT2D eigenvalue weighted by molar-refractivity contribution is 6.12. The Morgan fingerprint density at radius 2 is 1.44 bits per heavy atom. The van der Waals surface area contributed by atoms with Gasteiger partial charge in [0.25, 0.3) is 0 Å². The predicted octanol–water partition coefficient (Wildman–Crippen LogP) is 8.89. The van der Waals surface area contributed by atoms with E-state index < -0.39 is 5.79 Å². The summed E-state index contributed by atoms with van der Waals surface area (Å²) < 4.78 is 0. The molecule has 3 aliphatic rings. The van der Waals surface area contributed by atoms with Crippen LogP contribution in [0, 0.1) is 11.8 Å². The average Bonchev–Trinajstić information content (AvgIpc) is 3.20. The molecule has 0 heterocycles. The molecule has 1 spiro atoms. The third-order valence-corrected chi connectivity index (χ3v) is 10.2. The summed E-state index contributed by atoms with van der Waals surface area (Å²) in [5.41, 5.74) is 8.74. The molecule has 0 bridgehead atoms. The smallest absolute Gasteiger partial charge is 0.219 e. The molecule has 4 aromatic carbocycles. The third-order valence-electron chi connectivity index (χ3n) is 10.2. The Hall–Kier alpha value is -3.20. The van der Waals surface area contributed by atoms with Crippen molar-refractivity contribution >= 4 is 21.5 Å². The Bertz CT molecular complexity index is 1710. The lowest BCUT2D eigenvalue weighted by Crippen LogP contribution is -2.31. The molecule has 198 valence electrons. The highest BCUT2D eigenvalue weighted by Gasteiger charge is 2.51. The number of rotatable bonds is 6. The summed E-state index contributed by atoms with van der Waals surface area (Å²) >= 11 is 0. The lowest BCUT2D eigenvalue weighted by atomic mass is 9.65. The van der Waals surface area contributed by atoms with E-state index in [4.69, 9.17) is 0 Å². The summed E-state index contributed by atoms with van der Waals surface area (Å²) in [5, 5.41) is 28.0. The highest BCUT2D eigenvalue weighted by Crippen LogP contribution is 2.63. The van der Waals surface area contributed by atoms with Crippen LogP contribution < -0.4 is 0 Å². The van der Waals surface area contributed by atoms with Crippen LogP contribution in [0.15, 0.2) is 84.0 Å². The second-order valence-corrected chi connectivity index (χ2v) is 12.0. The molecule has 7 rings (SSSR count). The van der Waals surface area contributed by atoms with Crippen LogP contribution in [-0.2, 0) is 11.2 Å². The van der Waals surface area contributed by atoms with E-state index in [1.165, 1.54) is 22.3 Å². The number of allylic oxidation sites excluding steroid dienone is 4. The van der Waals surface area contributed by atoms with Gasteiger partial charge in [-0.3, -0.25) is 0 Å². The maximum absolute atomic E-state index is 12.0. The van der Waals surface area contributed by atoms with E-state index in [1.54, 1.807) is 5.57 Å². The fourth-order valence-corrected chi connectivity index (χ4v) is 8.28. The van der Waals surface area contributed by atoms with Gasteiger partial charge in [-0.15, -0.1) is 0 Å². The molecule has 2 nitrogen and oxygen atoms in total. The highest BCUT2D eigenvalue weighted by atomic mass is 16.5. The normalized spacial score (nSPS) is 20.4. The molecule has 0 saturated carbocycles. The van der Waals surface area contributed by atoms with Crippen LogP contribution >= 0.6 is 0 Å². The van der Waals surface area contributed by atoms with Gasteiger partial charge >= 0.3 is 0 Å². The third kappa shape index (κ3) is 3.16. The maximum Gasteiger partial charge on any atom is 0.219 e. The first kappa shape index (κ1) is 24.8. The molecule has 0 fully saturated rings. The van der Waals surface area contributed by atoms with Crippen LogP contribution in [-0.4, -0.2) is 10.2 Å². The zero-order valence-corrected chi connectivity index (χ0v) is 23.5. The first-order valence-corrected chi connectivity index (χ1v) is 14.9. The Morgan fingerprint density at radius 1 is 0.718 bits per heavy atom. The number of hydrogen-bond donors (Lipinski definition) is 2. The van der Waals surface area contributed by atoms with Crippen molar-refractivity contribution in [3.05, 3.63) is 106 Å². The van der Waals surface area contributed by atoms with Crippen molar-refractivity contribution in [2.45, 2.75) is 71.0 Å². The van der Waals surface area contributed by atoms with Gasteiger partial charge in [-0.1, -0.05) is 100 Å². The molecule has 0 radical (unpaired) electrons. The first-order valence-electron chi connectivity index (χ1n) is 14.9. The Kier molecular flexibility index (Phi) is 5.50. The van der Waals surface area contributed by atoms with Gasteiger partial charge in [0, 0.05) is 16.5 Å². The van der Waals surface area contributed by atoms with Crippen molar-refractivity contribution in [1.82, 2.24) is 0 Å². The molecular formula is C37H38O2. The zero-order valence-electron chi connectivity index (χ0n) is 23.5. The van der Waals surface area contributed by atoms with Crippen molar-refractivity contribution in [2.75, 3.05) is 0 Å². The SMILES string of the molecule is CCC(CC)C1=CC2(CC(C(CC)CC)=C1)c1cc3ccccc3c3c1-c1c2ccc2cccc(c12)C3(O)O.